The third kappa shape index (κ3) is 2.88. The summed E-state index contributed by atoms with van der Waals surface area (Å²) in [5, 5.41) is 18.1. The molecule has 0 aliphatic carbocycles. The fraction of sp³-hybridized carbons (Fsp3) is 0.0667. The first-order chi connectivity index (χ1) is 9.28. The lowest BCUT2D eigenvalue weighted by molar-refractivity contribution is 0.479. The number of nitriles is 2. The quantitative estimate of drug-likeness (QED) is 0.789. The zero-order valence-corrected chi connectivity index (χ0v) is 11.1. The molecule has 0 N–H and O–H groups in total. The number of benzene rings is 2. The molecule has 0 fully saturated rings. The van der Waals surface area contributed by atoms with Crippen LogP contribution in [0.5, 0.6) is 11.5 Å². The number of hydrogen-bond acceptors (Lipinski definition) is 4. The van der Waals surface area contributed by atoms with Gasteiger partial charge in [-0.05, 0) is 42.7 Å². The molecule has 19 heavy (non-hydrogen) atoms. The summed E-state index contributed by atoms with van der Waals surface area (Å²) in [6, 6.07) is 16.5. The molecule has 0 spiro atoms. The molecule has 3 nitrogen and oxygen atoms in total. The van der Waals surface area contributed by atoms with Crippen molar-refractivity contribution in [3.8, 4) is 23.6 Å². The zero-order valence-electron chi connectivity index (χ0n) is 10.3. The molecule has 0 saturated heterocycles. The van der Waals surface area contributed by atoms with Gasteiger partial charge in [-0.15, -0.1) is 11.8 Å². The summed E-state index contributed by atoms with van der Waals surface area (Å²) >= 11 is 1.64. The second-order valence-corrected chi connectivity index (χ2v) is 4.56. The Hall–Kier alpha value is -2.43. The van der Waals surface area contributed by atoms with Crippen molar-refractivity contribution in [3.05, 3.63) is 53.6 Å². The summed E-state index contributed by atoms with van der Waals surface area (Å²) < 4.78 is 5.67. The molecule has 0 amide bonds. The van der Waals surface area contributed by atoms with Gasteiger partial charge >= 0.3 is 0 Å². The molecule has 0 aliphatic heterocycles. The summed E-state index contributed by atoms with van der Waals surface area (Å²) in [5.41, 5.74) is 0.709. The van der Waals surface area contributed by atoms with Crippen LogP contribution in [0.4, 0.5) is 0 Å². The maximum Gasteiger partial charge on any atom is 0.162 e. The van der Waals surface area contributed by atoms with Gasteiger partial charge in [0.05, 0.1) is 11.1 Å². The van der Waals surface area contributed by atoms with E-state index in [9.17, 15) is 0 Å². The van der Waals surface area contributed by atoms with Crippen molar-refractivity contribution in [1.82, 2.24) is 0 Å². The van der Waals surface area contributed by atoms with Crippen LogP contribution in [0.25, 0.3) is 0 Å². The van der Waals surface area contributed by atoms with Crippen LogP contribution in [0.15, 0.2) is 47.4 Å². The van der Waals surface area contributed by atoms with Crippen LogP contribution in [0.2, 0.25) is 0 Å². The van der Waals surface area contributed by atoms with E-state index in [1.54, 1.807) is 30.0 Å². The molecule has 2 rings (SSSR count). The second-order valence-electron chi connectivity index (χ2n) is 3.68. The third-order valence-electron chi connectivity index (χ3n) is 2.54. The van der Waals surface area contributed by atoms with Crippen LogP contribution in [-0.4, -0.2) is 6.26 Å². The lowest BCUT2D eigenvalue weighted by Gasteiger charge is -2.09. The molecule has 92 valence electrons. The summed E-state index contributed by atoms with van der Waals surface area (Å²) in [5.74, 6) is 0.918. The molecule has 4 heteroatoms. The van der Waals surface area contributed by atoms with E-state index < -0.39 is 0 Å². The van der Waals surface area contributed by atoms with Crippen molar-refractivity contribution < 1.29 is 4.74 Å². The molecule has 0 aliphatic rings. The Balaban J connectivity index is 2.37. The van der Waals surface area contributed by atoms with Gasteiger partial charge in [0.25, 0.3) is 0 Å². The minimum atomic E-state index is 0.310. The molecule has 0 radical (unpaired) electrons. The molecule has 2 aromatic rings. The maximum absolute atomic E-state index is 9.06. The van der Waals surface area contributed by atoms with Gasteiger partial charge in [-0.1, -0.05) is 6.07 Å². The highest BCUT2D eigenvalue weighted by atomic mass is 32.2. The predicted molar refractivity (Wildman–Crippen MR) is 74.2 cm³/mol. The van der Waals surface area contributed by atoms with Gasteiger partial charge in [-0.3, -0.25) is 0 Å². The summed E-state index contributed by atoms with van der Waals surface area (Å²) in [6.07, 6.45) is 1.99. The average Bonchev–Trinajstić information content (AvgIpc) is 2.48. The maximum atomic E-state index is 9.06. The minimum absolute atomic E-state index is 0.310. The summed E-state index contributed by atoms with van der Waals surface area (Å²) in [4.78, 5) is 1.13. The van der Waals surface area contributed by atoms with Gasteiger partial charge < -0.3 is 4.74 Å². The lowest BCUT2D eigenvalue weighted by atomic mass is 10.1. The Morgan fingerprint density at radius 2 is 1.53 bits per heavy atom. The minimum Gasteiger partial charge on any atom is -0.455 e. The first-order valence-corrected chi connectivity index (χ1v) is 6.76. The average molecular weight is 266 g/mol. The lowest BCUT2D eigenvalue weighted by Crippen LogP contribution is -1.92. The van der Waals surface area contributed by atoms with Crippen molar-refractivity contribution >= 4 is 11.8 Å². The second kappa shape index (κ2) is 5.95. The fourth-order valence-corrected chi connectivity index (χ4v) is 1.99. The number of thioether (sulfide) groups is 1. The molecule has 0 heterocycles. The first-order valence-electron chi connectivity index (χ1n) is 5.53. The normalized spacial score (nSPS) is 9.42. The molecular formula is C15H10N2OS. The molecule has 0 saturated carbocycles. The monoisotopic (exact) mass is 266 g/mol. The van der Waals surface area contributed by atoms with E-state index in [0.717, 1.165) is 4.90 Å². The topological polar surface area (TPSA) is 56.8 Å². The zero-order chi connectivity index (χ0) is 13.7. The Labute approximate surface area is 116 Å². The van der Waals surface area contributed by atoms with Crippen molar-refractivity contribution in [3.63, 3.8) is 0 Å². The first kappa shape index (κ1) is 13.0. The Kier molecular flexibility index (Phi) is 4.07. The number of nitrogens with zero attached hydrogens (tertiary/aromatic N) is 2. The van der Waals surface area contributed by atoms with E-state index in [1.165, 1.54) is 0 Å². The molecule has 2 aromatic carbocycles. The van der Waals surface area contributed by atoms with E-state index in [4.69, 9.17) is 15.3 Å². The van der Waals surface area contributed by atoms with Crippen LogP contribution in [-0.2, 0) is 0 Å². The molecule has 0 bridgehead atoms. The SMILES string of the molecule is CSc1ccc(Oc2c(C#N)cccc2C#N)cc1. The smallest absolute Gasteiger partial charge is 0.162 e. The molecule has 0 atom stereocenters. The number of hydrogen-bond donors (Lipinski definition) is 0. The predicted octanol–water partition coefficient (Wildman–Crippen LogP) is 3.94. The summed E-state index contributed by atoms with van der Waals surface area (Å²) in [6.45, 7) is 0. The highest BCUT2D eigenvalue weighted by molar-refractivity contribution is 7.98. The van der Waals surface area contributed by atoms with E-state index in [2.05, 4.69) is 0 Å². The molecule has 0 unspecified atom stereocenters. The molecule has 0 aromatic heterocycles. The Bertz CT molecular complexity index is 634. The third-order valence-corrected chi connectivity index (χ3v) is 3.28. The number of rotatable bonds is 3. The van der Waals surface area contributed by atoms with Crippen LogP contribution in [0.1, 0.15) is 11.1 Å². The molecular weight excluding hydrogens is 256 g/mol. The van der Waals surface area contributed by atoms with E-state index in [1.807, 2.05) is 42.7 Å². The van der Waals surface area contributed by atoms with Crippen LogP contribution >= 0.6 is 11.8 Å². The van der Waals surface area contributed by atoms with Gasteiger partial charge in [-0.2, -0.15) is 10.5 Å². The van der Waals surface area contributed by atoms with Gasteiger partial charge in [0, 0.05) is 4.90 Å². The van der Waals surface area contributed by atoms with Crippen LogP contribution in [0, 0.1) is 22.7 Å². The van der Waals surface area contributed by atoms with Crippen LogP contribution < -0.4 is 4.74 Å². The van der Waals surface area contributed by atoms with Crippen molar-refractivity contribution in [2.45, 2.75) is 4.90 Å². The summed E-state index contributed by atoms with van der Waals surface area (Å²) in [7, 11) is 0. The van der Waals surface area contributed by atoms with E-state index in [-0.39, 0.29) is 0 Å². The largest absolute Gasteiger partial charge is 0.455 e. The Morgan fingerprint density at radius 1 is 0.947 bits per heavy atom. The standard InChI is InChI=1S/C15H10N2OS/c1-19-14-7-5-13(6-8-14)18-15-11(9-16)3-2-4-12(15)10-17/h2-8H,1H3. The van der Waals surface area contributed by atoms with Crippen molar-refractivity contribution in [2.75, 3.05) is 6.26 Å². The fourth-order valence-electron chi connectivity index (χ4n) is 1.58. The number of ether oxygens (including phenoxy) is 1. The number of para-hydroxylation sites is 1. The van der Waals surface area contributed by atoms with E-state index in [0.29, 0.717) is 22.6 Å². The van der Waals surface area contributed by atoms with Gasteiger partial charge in [0.15, 0.2) is 5.75 Å². The van der Waals surface area contributed by atoms with Crippen LogP contribution in [0.3, 0.4) is 0 Å². The highest BCUT2D eigenvalue weighted by Crippen LogP contribution is 2.29. The van der Waals surface area contributed by atoms with Crippen molar-refractivity contribution in [1.29, 1.82) is 10.5 Å². The van der Waals surface area contributed by atoms with Crippen molar-refractivity contribution in [2.24, 2.45) is 0 Å². The van der Waals surface area contributed by atoms with E-state index >= 15 is 0 Å². The van der Waals surface area contributed by atoms with Gasteiger partial charge in [0.2, 0.25) is 0 Å². The Morgan fingerprint density at radius 3 is 2.00 bits per heavy atom. The van der Waals surface area contributed by atoms with Gasteiger partial charge in [0.1, 0.15) is 17.9 Å². The highest BCUT2D eigenvalue weighted by Gasteiger charge is 2.10. The van der Waals surface area contributed by atoms with Gasteiger partial charge in [-0.25, -0.2) is 0 Å².